The summed E-state index contributed by atoms with van der Waals surface area (Å²) < 4.78 is 13.1. The monoisotopic (exact) mass is 816 g/mol. The van der Waals surface area contributed by atoms with Gasteiger partial charge in [-0.25, -0.2) is 19.6 Å². The summed E-state index contributed by atoms with van der Waals surface area (Å²) in [7, 11) is 1.27. The van der Waals surface area contributed by atoms with E-state index in [1.807, 2.05) is 68.7 Å². The fourth-order valence-electron chi connectivity index (χ4n) is 8.83. The number of aromatic nitrogens is 5. The summed E-state index contributed by atoms with van der Waals surface area (Å²) in [5.41, 5.74) is 6.01. The van der Waals surface area contributed by atoms with Gasteiger partial charge in [0.1, 0.15) is 35.6 Å². The molecule has 60 heavy (non-hydrogen) atoms. The van der Waals surface area contributed by atoms with Crippen molar-refractivity contribution >= 4 is 34.9 Å². The number of fused-ring (bicyclic) bond motifs is 5. The van der Waals surface area contributed by atoms with Gasteiger partial charge in [-0.2, -0.15) is 5.26 Å². The van der Waals surface area contributed by atoms with Crippen LogP contribution in [0.5, 0.6) is 5.75 Å². The smallest absolute Gasteiger partial charge is 0.407 e. The maximum atomic E-state index is 13.7. The predicted octanol–water partition coefficient (Wildman–Crippen LogP) is 6.31. The van der Waals surface area contributed by atoms with Gasteiger partial charge < -0.3 is 49.5 Å². The molecule has 4 atom stereocenters. The summed E-state index contributed by atoms with van der Waals surface area (Å²) in [5.74, 6) is 1.07. The lowest BCUT2D eigenvalue weighted by molar-refractivity contribution is -0.136. The maximum absolute atomic E-state index is 13.7. The molecule has 3 aliphatic rings. The first-order valence-electron chi connectivity index (χ1n) is 20.3. The zero-order valence-electron chi connectivity index (χ0n) is 34.1. The Balaban J connectivity index is 1.04. The summed E-state index contributed by atoms with van der Waals surface area (Å²) >= 11 is 0. The fourth-order valence-corrected chi connectivity index (χ4v) is 8.83. The highest BCUT2D eigenvalue weighted by Crippen LogP contribution is 2.44. The van der Waals surface area contributed by atoms with E-state index in [-0.39, 0.29) is 42.5 Å². The normalized spacial score (nSPS) is 18.2. The molecule has 5 N–H and O–H groups in total. The van der Waals surface area contributed by atoms with E-state index in [0.29, 0.717) is 42.5 Å². The lowest BCUT2D eigenvalue weighted by atomic mass is 10.0. The third-order valence-electron chi connectivity index (χ3n) is 11.9. The van der Waals surface area contributed by atoms with Gasteiger partial charge in [0.15, 0.2) is 6.73 Å². The molecule has 0 aliphatic carbocycles. The number of hydrogen-bond donors (Lipinski definition) is 5. The van der Waals surface area contributed by atoms with E-state index in [1.54, 1.807) is 22.2 Å². The molecule has 0 saturated carbocycles. The minimum absolute atomic E-state index is 0.146. The quantitative estimate of drug-likeness (QED) is 0.106. The Labute approximate surface area is 346 Å². The highest BCUT2D eigenvalue weighted by atomic mass is 16.5. The second-order valence-electron chi connectivity index (χ2n) is 16.3. The molecule has 0 spiro atoms. The number of likely N-dealkylation sites (tertiary alicyclic amines) is 2. The van der Waals surface area contributed by atoms with Crippen LogP contribution in [0.2, 0.25) is 0 Å². The Morgan fingerprint density at radius 1 is 0.867 bits per heavy atom. The molecule has 8 rings (SSSR count). The molecule has 3 aliphatic heterocycles. The number of nitrogens with one attached hydrogen (secondary N) is 4. The number of H-pyrrole nitrogens is 2. The molecular weight excluding hydrogens is 769 g/mol. The Hall–Kier alpha value is -6.83. The van der Waals surface area contributed by atoms with Crippen molar-refractivity contribution in [3.05, 3.63) is 66.0 Å². The molecular formula is C43H48N10O7. The first-order chi connectivity index (χ1) is 28.9. The number of nitrogens with zero attached hydrogens (tertiary/aromatic N) is 6. The van der Waals surface area contributed by atoms with E-state index in [9.17, 15) is 29.5 Å². The molecule has 3 aromatic heterocycles. The topological polar surface area (TPSA) is 224 Å². The van der Waals surface area contributed by atoms with Crippen molar-refractivity contribution in [3.8, 4) is 45.6 Å². The van der Waals surface area contributed by atoms with E-state index in [0.717, 1.165) is 63.9 Å². The number of rotatable bonds is 10. The zero-order chi connectivity index (χ0) is 42.4. The number of imidazole rings is 2. The summed E-state index contributed by atoms with van der Waals surface area (Å²) in [6, 6.07) is 12.0. The van der Waals surface area contributed by atoms with Crippen LogP contribution < -0.4 is 15.4 Å². The maximum Gasteiger partial charge on any atom is 0.407 e. The molecule has 0 radical (unpaired) electrons. The third kappa shape index (κ3) is 7.15. The molecule has 17 heteroatoms. The number of nitriles is 1. The number of methoxy groups -OCH3 is 1. The number of carbonyl (C=O) groups excluding carboxylic acids is 3. The van der Waals surface area contributed by atoms with Crippen LogP contribution in [-0.4, -0.2) is 95.7 Å². The number of benzene rings is 2. The summed E-state index contributed by atoms with van der Waals surface area (Å²) in [6.45, 7) is 8.64. The summed E-state index contributed by atoms with van der Waals surface area (Å²) in [5, 5.41) is 25.8. The number of amides is 4. The second kappa shape index (κ2) is 16.1. The lowest BCUT2D eigenvalue weighted by Crippen LogP contribution is -2.51. The van der Waals surface area contributed by atoms with Gasteiger partial charge >= 0.3 is 12.2 Å². The van der Waals surface area contributed by atoms with Gasteiger partial charge in [-0.3, -0.25) is 9.59 Å². The highest BCUT2D eigenvalue weighted by molar-refractivity contribution is 5.98. The van der Waals surface area contributed by atoms with Crippen LogP contribution in [0.3, 0.4) is 0 Å². The molecule has 0 bridgehead atoms. The van der Waals surface area contributed by atoms with Crippen LogP contribution >= 0.6 is 0 Å². The van der Waals surface area contributed by atoms with Crippen molar-refractivity contribution in [3.63, 3.8) is 0 Å². The van der Waals surface area contributed by atoms with Gasteiger partial charge in [-0.15, -0.1) is 0 Å². The van der Waals surface area contributed by atoms with Crippen LogP contribution in [0.1, 0.15) is 82.7 Å². The molecule has 2 fully saturated rings. The minimum atomic E-state index is -1.24. The van der Waals surface area contributed by atoms with Crippen molar-refractivity contribution in [2.45, 2.75) is 84.3 Å². The standard InChI is InChI=1S/C43H48N10O7/c1-22(2)35(49-42(56)57)40(54)51-14-6-8-32(51)39-46-20-30(48-39)25-10-12-26-34(17-25)60-21-53-31-13-11-24(16-27(31)28(18-44)37(26)53)29-19-45-38(47-29)33-9-7-15-52(33)41(55)36(23(3)4)50-43(58)59-5/h10-13,16-17,19-20,22-23,32-33,35-36,49H,6-9,14-15,21H2,1-5H3,(H,45,47)(H,46,48)(H,50,58)(H,56,57)/t32-,33-,35-,36-/m0/s1. The van der Waals surface area contributed by atoms with Crippen LogP contribution in [0, 0.1) is 23.2 Å². The predicted molar refractivity (Wildman–Crippen MR) is 219 cm³/mol. The van der Waals surface area contributed by atoms with E-state index in [1.165, 1.54) is 7.11 Å². The highest BCUT2D eigenvalue weighted by Gasteiger charge is 2.39. The van der Waals surface area contributed by atoms with E-state index < -0.39 is 24.3 Å². The van der Waals surface area contributed by atoms with Gasteiger partial charge in [-0.1, -0.05) is 39.8 Å². The SMILES string of the molecule is COC(=O)N[C@H](C(=O)N1CCC[C@H]1c1ncc(-c2ccc3c(c2)c(C#N)c2n3COc3cc(-c4cnc([C@@H]5CCCN5C(=O)[C@@H](NC(=O)O)C(C)C)[nH]4)ccc3-2)[nH]1)C(C)C. The molecule has 2 aromatic carbocycles. The van der Waals surface area contributed by atoms with Gasteiger partial charge in [0, 0.05) is 35.2 Å². The number of aromatic amines is 2. The Morgan fingerprint density at radius 2 is 1.43 bits per heavy atom. The van der Waals surface area contributed by atoms with E-state index >= 15 is 0 Å². The molecule has 0 unspecified atom stereocenters. The molecule has 2 saturated heterocycles. The molecule has 5 aromatic rings. The first-order valence-corrected chi connectivity index (χ1v) is 20.3. The Kier molecular flexibility index (Phi) is 10.7. The van der Waals surface area contributed by atoms with E-state index in [2.05, 4.69) is 31.7 Å². The van der Waals surface area contributed by atoms with Crippen LogP contribution in [0.4, 0.5) is 9.59 Å². The van der Waals surface area contributed by atoms with Crippen molar-refractivity contribution in [1.29, 1.82) is 5.26 Å². The van der Waals surface area contributed by atoms with E-state index in [4.69, 9.17) is 14.5 Å². The minimum Gasteiger partial charge on any atom is -0.472 e. The summed E-state index contributed by atoms with van der Waals surface area (Å²) in [6.07, 6.45) is 4.58. The van der Waals surface area contributed by atoms with Crippen LogP contribution in [0.15, 0.2) is 48.8 Å². The molecule has 312 valence electrons. The average molecular weight is 817 g/mol. The van der Waals surface area contributed by atoms with Crippen molar-refractivity contribution < 1.29 is 33.8 Å². The third-order valence-corrected chi connectivity index (χ3v) is 11.9. The Morgan fingerprint density at radius 3 is 1.98 bits per heavy atom. The number of alkyl carbamates (subject to hydrolysis) is 1. The second-order valence-corrected chi connectivity index (χ2v) is 16.3. The van der Waals surface area contributed by atoms with Crippen molar-refractivity contribution in [1.82, 2.24) is 44.9 Å². The average Bonchev–Trinajstić information content (AvgIpc) is 4.09. The largest absolute Gasteiger partial charge is 0.472 e. The number of ether oxygens (including phenoxy) is 2. The number of carboxylic acid groups (broad SMARTS) is 1. The van der Waals surface area contributed by atoms with Gasteiger partial charge in [-0.05, 0) is 61.8 Å². The lowest BCUT2D eigenvalue weighted by Gasteiger charge is -2.30. The van der Waals surface area contributed by atoms with Crippen LogP contribution in [-0.2, 0) is 21.1 Å². The Bertz CT molecular complexity index is 2530. The van der Waals surface area contributed by atoms with Gasteiger partial charge in [0.2, 0.25) is 11.8 Å². The first kappa shape index (κ1) is 40.0. The van der Waals surface area contributed by atoms with Gasteiger partial charge in [0.25, 0.3) is 0 Å². The molecule has 4 amide bonds. The number of carbonyl (C=O) groups is 4. The van der Waals surface area contributed by atoms with Crippen molar-refractivity contribution in [2.24, 2.45) is 11.8 Å². The van der Waals surface area contributed by atoms with Crippen LogP contribution in [0.25, 0.3) is 44.7 Å². The van der Waals surface area contributed by atoms with Crippen molar-refractivity contribution in [2.75, 3.05) is 20.2 Å². The molecule has 6 heterocycles. The zero-order valence-corrected chi connectivity index (χ0v) is 34.1. The molecule has 17 nitrogen and oxygen atoms in total. The van der Waals surface area contributed by atoms with Gasteiger partial charge in [0.05, 0.1) is 59.7 Å². The fraction of sp³-hybridized carbons (Fsp3) is 0.419. The summed E-state index contributed by atoms with van der Waals surface area (Å²) in [4.78, 5) is 70.3. The number of hydrogen-bond acceptors (Lipinski definition) is 9.